The predicted octanol–water partition coefficient (Wildman–Crippen LogP) is 16.8. The zero-order valence-corrected chi connectivity index (χ0v) is 53.7. The first-order valence-corrected chi connectivity index (χ1v) is 31.7. The van der Waals surface area contributed by atoms with E-state index in [1.807, 2.05) is 66.7 Å². The van der Waals surface area contributed by atoms with Gasteiger partial charge in [-0.05, 0) is 114 Å². The number of carbonyl (C=O) groups excluding carboxylic acids is 4. The van der Waals surface area contributed by atoms with Gasteiger partial charge in [0.25, 0.3) is 0 Å². The quantitative estimate of drug-likeness (QED) is 0.0254. The van der Waals surface area contributed by atoms with Gasteiger partial charge in [-0.25, -0.2) is 29.1 Å². The van der Waals surface area contributed by atoms with E-state index in [0.29, 0.717) is 40.6 Å². The van der Waals surface area contributed by atoms with E-state index < -0.39 is 46.5 Å². The molecule has 16 heteroatoms. The summed E-state index contributed by atoms with van der Waals surface area (Å²) in [5.74, 6) is -2.81. The summed E-state index contributed by atoms with van der Waals surface area (Å²) in [6, 6.07) is 11.3. The van der Waals surface area contributed by atoms with Gasteiger partial charge in [-0.3, -0.25) is 10.9 Å². The van der Waals surface area contributed by atoms with E-state index in [0.717, 1.165) is 107 Å². The Labute approximate surface area is 507 Å². The Bertz CT molecular complexity index is 2860. The zero-order valence-electron chi connectivity index (χ0n) is 53.7. The van der Waals surface area contributed by atoms with Crippen molar-refractivity contribution in [3.8, 4) is 0 Å². The van der Waals surface area contributed by atoms with E-state index in [4.69, 9.17) is 39.1 Å². The summed E-state index contributed by atoms with van der Waals surface area (Å²) in [5, 5.41) is 29.0. The fraction of sp³-hybridized carbons (Fsp3) is 0.594. The molecular formula is C69H100N8O8. The minimum atomic E-state index is -0.638. The molecule has 464 valence electrons. The Balaban J connectivity index is 1.46. The first kappa shape index (κ1) is 68.9. The average Bonchev–Trinajstić information content (AvgIpc) is 4.27. The van der Waals surface area contributed by atoms with Gasteiger partial charge in [0.2, 0.25) is 0 Å². The molecule has 0 amide bonds. The Hall–Kier alpha value is -6.84. The normalized spacial score (nSPS) is 17.7. The third-order valence-electron chi connectivity index (χ3n) is 16.3. The Kier molecular flexibility index (Phi) is 26.9. The Morgan fingerprint density at radius 3 is 1.15 bits per heavy atom. The highest BCUT2D eigenvalue weighted by Crippen LogP contribution is 2.41. The number of aromatic nitrogens is 2. The maximum absolute atomic E-state index is 13.8. The monoisotopic (exact) mass is 1170 g/mol. The SMILES string of the molecule is CCCCC(CC)COC(=O)c1cc(NN=C2C(=N)C(c3cc(C4C=C(C(C)(C)C)C(=NNc5cc(C(=O)OCC(CC)CCCC)cc(C(=O)OC(CC)CCCC)c5)C4=N)ncn3)C=C2C(C)(C)C)cc(C(=O)OCC(CC)CCCC)c1. The number of anilines is 2. The van der Waals surface area contributed by atoms with Crippen molar-refractivity contribution in [3.05, 3.63) is 106 Å². The van der Waals surface area contributed by atoms with Crippen molar-refractivity contribution in [1.82, 2.24) is 9.97 Å². The molecule has 0 aliphatic heterocycles. The van der Waals surface area contributed by atoms with Crippen LogP contribution in [0.25, 0.3) is 0 Å². The molecule has 6 atom stereocenters. The van der Waals surface area contributed by atoms with E-state index in [9.17, 15) is 30.0 Å². The van der Waals surface area contributed by atoms with Crippen LogP contribution < -0.4 is 10.9 Å². The van der Waals surface area contributed by atoms with Crippen LogP contribution in [0.15, 0.2) is 82.3 Å². The molecule has 0 fully saturated rings. The second-order valence-electron chi connectivity index (χ2n) is 25.2. The van der Waals surface area contributed by atoms with Crippen LogP contribution in [0, 0.1) is 39.4 Å². The van der Waals surface area contributed by atoms with Crippen molar-refractivity contribution in [2.75, 3.05) is 30.7 Å². The molecule has 0 spiro atoms. The van der Waals surface area contributed by atoms with Gasteiger partial charge in [0.15, 0.2) is 0 Å². The number of benzene rings is 2. The van der Waals surface area contributed by atoms with Gasteiger partial charge in [0, 0.05) is 0 Å². The van der Waals surface area contributed by atoms with E-state index in [-0.39, 0.29) is 77.4 Å². The first-order valence-electron chi connectivity index (χ1n) is 31.7. The second kappa shape index (κ2) is 33.2. The highest BCUT2D eigenvalue weighted by Gasteiger charge is 2.39. The minimum Gasteiger partial charge on any atom is -0.462 e. The number of hydrogen-bond donors (Lipinski definition) is 4. The molecular weight excluding hydrogens is 1070 g/mol. The standard InChI is InChI=1S/C69H100N8O8/c1-15-23-27-44(19-5)40-82-64(78)47-31-48(65(79)83-41-45(20-6)28-24-16-2)34-51(33-47)74-76-62-56(68(9,10)11)37-54(60(62)70)58-39-59(73-43-72-58)55-38-57(69(12,13)14)63(61(55)71)77-75-52-35-49(66(80)84-42-46(21-7)29-25-17-3)32-50(36-52)67(81)85-53(22-8)30-26-18-4/h31-39,43-46,53-55,70-71,74-75H,15-30,40-42H2,1-14H3. The molecule has 1 heterocycles. The van der Waals surface area contributed by atoms with Gasteiger partial charge in [0.1, 0.15) is 23.9 Å². The van der Waals surface area contributed by atoms with Gasteiger partial charge in [-0.2, -0.15) is 10.2 Å². The van der Waals surface area contributed by atoms with Crippen molar-refractivity contribution in [2.24, 2.45) is 38.8 Å². The summed E-state index contributed by atoms with van der Waals surface area (Å²) in [6.07, 6.45) is 20.2. The number of nitrogens with zero attached hydrogens (tertiary/aromatic N) is 4. The van der Waals surface area contributed by atoms with Crippen LogP contribution in [0.4, 0.5) is 11.4 Å². The molecule has 2 aromatic carbocycles. The summed E-state index contributed by atoms with van der Waals surface area (Å²) in [5.41, 5.74) is 10.5. The average molecular weight is 1170 g/mol. The maximum atomic E-state index is 13.8. The fourth-order valence-corrected chi connectivity index (χ4v) is 10.5. The van der Waals surface area contributed by atoms with Crippen LogP contribution in [0.5, 0.6) is 0 Å². The molecule has 0 radical (unpaired) electrons. The third kappa shape index (κ3) is 19.9. The largest absolute Gasteiger partial charge is 0.462 e. The fourth-order valence-electron chi connectivity index (χ4n) is 10.5. The molecule has 0 saturated carbocycles. The molecule has 16 nitrogen and oxygen atoms in total. The lowest BCUT2D eigenvalue weighted by Crippen LogP contribution is -2.23. The van der Waals surface area contributed by atoms with E-state index in [1.165, 1.54) is 18.5 Å². The van der Waals surface area contributed by atoms with Crippen molar-refractivity contribution >= 4 is 58.1 Å². The van der Waals surface area contributed by atoms with Gasteiger partial charge in [-0.1, -0.05) is 180 Å². The maximum Gasteiger partial charge on any atom is 0.338 e. The topological polar surface area (TPSA) is 227 Å². The number of rotatable bonds is 33. The number of unbranched alkanes of at least 4 members (excludes halogenated alkanes) is 4. The molecule has 0 saturated heterocycles. The summed E-state index contributed by atoms with van der Waals surface area (Å²) in [4.78, 5) is 64.4. The summed E-state index contributed by atoms with van der Waals surface area (Å²) in [7, 11) is 0. The number of ether oxygens (including phenoxy) is 4. The van der Waals surface area contributed by atoms with Crippen molar-refractivity contribution in [2.45, 2.75) is 218 Å². The molecule has 85 heavy (non-hydrogen) atoms. The number of hydrazone groups is 2. The highest BCUT2D eigenvalue weighted by molar-refractivity contribution is 6.52. The lowest BCUT2D eigenvalue weighted by Gasteiger charge is -2.21. The van der Waals surface area contributed by atoms with Crippen LogP contribution in [0.3, 0.4) is 0 Å². The van der Waals surface area contributed by atoms with E-state index in [2.05, 4.69) is 59.3 Å². The molecule has 2 aliphatic carbocycles. The number of carbonyl (C=O) groups is 4. The van der Waals surface area contributed by atoms with E-state index >= 15 is 0 Å². The van der Waals surface area contributed by atoms with Gasteiger partial charge in [-0.15, -0.1) is 0 Å². The summed E-state index contributed by atoms with van der Waals surface area (Å²) < 4.78 is 23.6. The Morgan fingerprint density at radius 1 is 0.494 bits per heavy atom. The molecule has 4 N–H and O–H groups in total. The molecule has 0 bridgehead atoms. The van der Waals surface area contributed by atoms with Crippen molar-refractivity contribution in [1.29, 1.82) is 10.8 Å². The molecule has 3 aromatic rings. The van der Waals surface area contributed by atoms with Crippen molar-refractivity contribution < 1.29 is 38.1 Å². The van der Waals surface area contributed by atoms with Crippen LogP contribution in [0.1, 0.15) is 264 Å². The predicted molar refractivity (Wildman–Crippen MR) is 343 cm³/mol. The lowest BCUT2D eigenvalue weighted by atomic mass is 9.85. The highest BCUT2D eigenvalue weighted by atomic mass is 16.5. The summed E-state index contributed by atoms with van der Waals surface area (Å²) >= 11 is 0. The minimum absolute atomic E-state index is 0.174. The van der Waals surface area contributed by atoms with Gasteiger partial charge in [0.05, 0.1) is 88.1 Å². The lowest BCUT2D eigenvalue weighted by molar-refractivity contribution is 0.0267. The van der Waals surface area contributed by atoms with Crippen LogP contribution in [-0.2, 0) is 18.9 Å². The first-order chi connectivity index (χ1) is 40.5. The zero-order chi connectivity index (χ0) is 62.4. The summed E-state index contributed by atoms with van der Waals surface area (Å²) in [6.45, 7) is 29.8. The molecule has 6 unspecified atom stereocenters. The number of esters is 4. The number of allylic oxidation sites excluding steroid dienone is 4. The molecule has 1 aromatic heterocycles. The van der Waals surface area contributed by atoms with Crippen LogP contribution in [0.2, 0.25) is 0 Å². The third-order valence-corrected chi connectivity index (χ3v) is 16.3. The number of nitrogens with one attached hydrogen (secondary N) is 4. The molecule has 2 aliphatic rings. The molecule has 5 rings (SSSR count). The van der Waals surface area contributed by atoms with Gasteiger partial charge >= 0.3 is 23.9 Å². The van der Waals surface area contributed by atoms with Crippen LogP contribution >= 0.6 is 0 Å². The van der Waals surface area contributed by atoms with E-state index in [1.54, 1.807) is 24.3 Å². The van der Waals surface area contributed by atoms with Gasteiger partial charge < -0.3 is 29.8 Å². The smallest absolute Gasteiger partial charge is 0.338 e. The Morgan fingerprint density at radius 2 is 0.835 bits per heavy atom. The number of hydrogen-bond acceptors (Lipinski definition) is 16. The second-order valence-corrected chi connectivity index (χ2v) is 25.2. The van der Waals surface area contributed by atoms with Crippen LogP contribution in [-0.4, -0.2) is 82.6 Å². The van der Waals surface area contributed by atoms with Crippen molar-refractivity contribution in [3.63, 3.8) is 0 Å².